The molecule has 1 aromatic carbocycles. The Balaban J connectivity index is 2.61. The smallest absolute Gasteiger partial charge is 0.252 e. The van der Waals surface area contributed by atoms with Crippen molar-refractivity contribution in [2.75, 3.05) is 18.6 Å². The number of carbonyl (C=O) groups is 1. The average Bonchev–Trinajstić information content (AvgIpc) is 2.30. The fourth-order valence-corrected chi connectivity index (χ4v) is 2.52. The normalized spacial score (nSPS) is 12.2. The van der Waals surface area contributed by atoms with E-state index in [0.29, 0.717) is 18.0 Å². The van der Waals surface area contributed by atoms with Crippen LogP contribution in [-0.2, 0) is 0 Å². The van der Waals surface area contributed by atoms with Crippen molar-refractivity contribution in [2.45, 2.75) is 6.92 Å². The lowest BCUT2D eigenvalue weighted by molar-refractivity contribution is 0.0948. The van der Waals surface area contributed by atoms with Gasteiger partial charge in [0.1, 0.15) is 5.82 Å². The van der Waals surface area contributed by atoms with E-state index in [1.165, 1.54) is 12.1 Å². The molecule has 0 saturated heterocycles. The number of hydrogen-bond donors (Lipinski definition) is 1. The largest absolute Gasteiger partial charge is 0.352 e. The molecule has 0 spiro atoms. The van der Waals surface area contributed by atoms with Gasteiger partial charge in [-0.05, 0) is 46.0 Å². The minimum Gasteiger partial charge on any atom is -0.352 e. The number of halogens is 2. The molecule has 1 atom stereocenters. The van der Waals surface area contributed by atoms with Crippen LogP contribution < -0.4 is 5.32 Å². The van der Waals surface area contributed by atoms with Crippen molar-refractivity contribution in [1.29, 1.82) is 0 Å². The summed E-state index contributed by atoms with van der Waals surface area (Å²) in [6.07, 6.45) is 2.03. The zero-order chi connectivity index (χ0) is 12.8. The number of amides is 1. The number of benzene rings is 1. The third-order valence-corrected chi connectivity index (χ3v) is 3.97. The van der Waals surface area contributed by atoms with Gasteiger partial charge >= 0.3 is 0 Å². The topological polar surface area (TPSA) is 29.1 Å². The molecule has 0 aliphatic rings. The number of hydrogen-bond acceptors (Lipinski definition) is 2. The first kappa shape index (κ1) is 14.5. The zero-order valence-electron chi connectivity index (χ0n) is 9.80. The maximum Gasteiger partial charge on any atom is 0.252 e. The van der Waals surface area contributed by atoms with E-state index in [1.54, 1.807) is 17.8 Å². The number of rotatable bonds is 5. The predicted molar refractivity (Wildman–Crippen MR) is 74.0 cm³/mol. The van der Waals surface area contributed by atoms with Crippen LogP contribution in [0.4, 0.5) is 4.39 Å². The van der Waals surface area contributed by atoms with Gasteiger partial charge in [-0.25, -0.2) is 4.39 Å². The molecule has 17 heavy (non-hydrogen) atoms. The molecule has 0 saturated carbocycles. The molecular weight excluding hydrogens is 305 g/mol. The Hall–Kier alpha value is -0.550. The SMILES string of the molecule is CSCC(C)CNC(=O)c1cccc(F)c1Br. The molecule has 1 rings (SSSR count). The van der Waals surface area contributed by atoms with Gasteiger partial charge in [0.15, 0.2) is 0 Å². The molecule has 0 radical (unpaired) electrons. The summed E-state index contributed by atoms with van der Waals surface area (Å²) in [5.74, 6) is 0.727. The third-order valence-electron chi connectivity index (χ3n) is 2.26. The fraction of sp³-hybridized carbons (Fsp3) is 0.417. The Morgan fingerprint density at radius 1 is 1.59 bits per heavy atom. The Bertz CT molecular complexity index is 400. The van der Waals surface area contributed by atoms with Crippen molar-refractivity contribution in [3.63, 3.8) is 0 Å². The molecule has 1 unspecified atom stereocenters. The van der Waals surface area contributed by atoms with Crippen molar-refractivity contribution in [3.8, 4) is 0 Å². The minimum atomic E-state index is -0.421. The molecule has 0 aliphatic heterocycles. The first-order valence-corrected chi connectivity index (χ1v) is 7.46. The van der Waals surface area contributed by atoms with Crippen LogP contribution in [0.25, 0.3) is 0 Å². The highest BCUT2D eigenvalue weighted by molar-refractivity contribution is 9.10. The van der Waals surface area contributed by atoms with Gasteiger partial charge in [-0.2, -0.15) is 11.8 Å². The van der Waals surface area contributed by atoms with Crippen molar-refractivity contribution < 1.29 is 9.18 Å². The van der Waals surface area contributed by atoms with Crippen LogP contribution in [-0.4, -0.2) is 24.5 Å². The zero-order valence-corrected chi connectivity index (χ0v) is 12.2. The van der Waals surface area contributed by atoms with Crippen LogP contribution in [0.5, 0.6) is 0 Å². The number of thioether (sulfide) groups is 1. The highest BCUT2D eigenvalue weighted by Gasteiger charge is 2.13. The van der Waals surface area contributed by atoms with Crippen molar-refractivity contribution >= 4 is 33.6 Å². The second kappa shape index (κ2) is 7.01. The molecule has 0 fully saturated rings. The van der Waals surface area contributed by atoms with Gasteiger partial charge in [0.05, 0.1) is 10.0 Å². The van der Waals surface area contributed by atoms with E-state index in [1.807, 2.05) is 6.26 Å². The van der Waals surface area contributed by atoms with Crippen molar-refractivity contribution in [1.82, 2.24) is 5.32 Å². The van der Waals surface area contributed by atoms with Crippen LogP contribution in [0.15, 0.2) is 22.7 Å². The molecule has 0 aromatic heterocycles. The van der Waals surface area contributed by atoms with Gasteiger partial charge in [-0.3, -0.25) is 4.79 Å². The molecule has 94 valence electrons. The van der Waals surface area contributed by atoms with E-state index in [0.717, 1.165) is 5.75 Å². The van der Waals surface area contributed by atoms with E-state index in [4.69, 9.17) is 0 Å². The summed E-state index contributed by atoms with van der Waals surface area (Å²) in [6.45, 7) is 2.67. The first-order valence-electron chi connectivity index (χ1n) is 5.27. The van der Waals surface area contributed by atoms with Gasteiger partial charge < -0.3 is 5.32 Å². The molecule has 0 bridgehead atoms. The maximum atomic E-state index is 13.2. The quantitative estimate of drug-likeness (QED) is 0.902. The predicted octanol–water partition coefficient (Wildman–Crippen LogP) is 3.32. The third kappa shape index (κ3) is 4.32. The Morgan fingerprint density at radius 2 is 2.29 bits per heavy atom. The van der Waals surface area contributed by atoms with E-state index < -0.39 is 5.82 Å². The molecule has 0 heterocycles. The number of carbonyl (C=O) groups excluding carboxylic acids is 1. The molecule has 1 aromatic rings. The Morgan fingerprint density at radius 3 is 2.94 bits per heavy atom. The summed E-state index contributed by atoms with van der Waals surface area (Å²) >= 11 is 4.82. The van der Waals surface area contributed by atoms with E-state index in [2.05, 4.69) is 28.2 Å². The molecule has 5 heteroatoms. The number of nitrogens with one attached hydrogen (secondary N) is 1. The minimum absolute atomic E-state index is 0.218. The lowest BCUT2D eigenvalue weighted by Gasteiger charge is -2.12. The lowest BCUT2D eigenvalue weighted by Crippen LogP contribution is -2.29. The van der Waals surface area contributed by atoms with E-state index >= 15 is 0 Å². The van der Waals surface area contributed by atoms with Crippen molar-refractivity contribution in [2.24, 2.45) is 5.92 Å². The highest BCUT2D eigenvalue weighted by Crippen LogP contribution is 2.20. The van der Waals surface area contributed by atoms with Gasteiger partial charge in [0.2, 0.25) is 0 Å². The summed E-state index contributed by atoms with van der Waals surface area (Å²) in [7, 11) is 0. The summed E-state index contributed by atoms with van der Waals surface area (Å²) in [4.78, 5) is 11.8. The second-order valence-electron chi connectivity index (χ2n) is 3.87. The van der Waals surface area contributed by atoms with E-state index in [-0.39, 0.29) is 10.4 Å². The molecule has 0 aliphatic carbocycles. The first-order chi connectivity index (χ1) is 8.06. The van der Waals surface area contributed by atoms with E-state index in [9.17, 15) is 9.18 Å². The molecule has 1 amide bonds. The fourth-order valence-electron chi connectivity index (χ4n) is 1.38. The van der Waals surface area contributed by atoms with Crippen LogP contribution in [0.2, 0.25) is 0 Å². The molecular formula is C12H15BrFNOS. The summed E-state index contributed by atoms with van der Waals surface area (Å²) < 4.78 is 13.4. The van der Waals surface area contributed by atoms with Crippen LogP contribution >= 0.6 is 27.7 Å². The van der Waals surface area contributed by atoms with Crippen LogP contribution in [0.3, 0.4) is 0 Å². The molecule has 2 nitrogen and oxygen atoms in total. The maximum absolute atomic E-state index is 13.2. The summed E-state index contributed by atoms with van der Waals surface area (Å²) in [6, 6.07) is 4.44. The summed E-state index contributed by atoms with van der Waals surface area (Å²) in [5, 5.41) is 2.80. The highest BCUT2D eigenvalue weighted by atomic mass is 79.9. The van der Waals surface area contributed by atoms with Gasteiger partial charge in [-0.15, -0.1) is 0 Å². The Labute approximate surface area is 113 Å². The van der Waals surface area contributed by atoms with Gasteiger partial charge in [-0.1, -0.05) is 13.0 Å². The van der Waals surface area contributed by atoms with Gasteiger partial charge in [0, 0.05) is 6.54 Å². The van der Waals surface area contributed by atoms with Crippen LogP contribution in [0.1, 0.15) is 17.3 Å². The lowest BCUT2D eigenvalue weighted by atomic mass is 10.2. The standard InChI is InChI=1S/C12H15BrFNOS/c1-8(7-17-2)6-15-12(16)9-4-3-5-10(14)11(9)13/h3-5,8H,6-7H2,1-2H3,(H,15,16). The van der Waals surface area contributed by atoms with Crippen LogP contribution in [0, 0.1) is 11.7 Å². The average molecular weight is 320 g/mol. The molecule has 1 N–H and O–H groups in total. The second-order valence-corrected chi connectivity index (χ2v) is 5.58. The Kier molecular flexibility index (Phi) is 5.98. The monoisotopic (exact) mass is 319 g/mol. The summed E-state index contributed by atoms with van der Waals surface area (Å²) in [5.41, 5.74) is 0.335. The van der Waals surface area contributed by atoms with Gasteiger partial charge in [0.25, 0.3) is 5.91 Å². The van der Waals surface area contributed by atoms with Crippen molar-refractivity contribution in [3.05, 3.63) is 34.1 Å².